The summed E-state index contributed by atoms with van der Waals surface area (Å²) < 4.78 is 13.3. The summed E-state index contributed by atoms with van der Waals surface area (Å²) in [6, 6.07) is 2.86. The second kappa shape index (κ2) is 4.39. The van der Waals surface area contributed by atoms with Gasteiger partial charge in [0.25, 0.3) is 0 Å². The molecule has 0 atom stereocenters. The van der Waals surface area contributed by atoms with Crippen LogP contribution in [-0.2, 0) is 0 Å². The zero-order chi connectivity index (χ0) is 9.84. The molecule has 2 nitrogen and oxygen atoms in total. The molecule has 1 aromatic carbocycles. The SMILES string of the molecule is NC/C=C/c1cc(F)c(O)c(Br)c1. The number of halogens is 2. The fourth-order valence-electron chi connectivity index (χ4n) is 0.885. The molecule has 1 aromatic rings. The molecule has 0 aliphatic rings. The third-order valence-electron chi connectivity index (χ3n) is 1.49. The van der Waals surface area contributed by atoms with E-state index in [2.05, 4.69) is 15.9 Å². The predicted molar refractivity (Wildman–Crippen MR) is 53.9 cm³/mol. The minimum atomic E-state index is -0.647. The molecule has 3 N–H and O–H groups in total. The summed E-state index contributed by atoms with van der Waals surface area (Å²) in [6.45, 7) is 0.403. The lowest BCUT2D eigenvalue weighted by atomic mass is 10.2. The van der Waals surface area contributed by atoms with E-state index in [4.69, 9.17) is 10.8 Å². The number of rotatable bonds is 2. The molecule has 13 heavy (non-hydrogen) atoms. The molecule has 0 saturated carbocycles. The van der Waals surface area contributed by atoms with Gasteiger partial charge in [-0.1, -0.05) is 12.2 Å². The Labute approximate surface area is 84.0 Å². The highest BCUT2D eigenvalue weighted by Crippen LogP contribution is 2.28. The minimum absolute atomic E-state index is 0.337. The summed E-state index contributed by atoms with van der Waals surface area (Å²) in [6.07, 6.45) is 3.39. The van der Waals surface area contributed by atoms with E-state index < -0.39 is 5.82 Å². The molecular formula is C9H9BrFNO. The maximum atomic E-state index is 12.9. The van der Waals surface area contributed by atoms with Crippen molar-refractivity contribution in [3.05, 3.63) is 34.1 Å². The third-order valence-corrected chi connectivity index (χ3v) is 2.09. The summed E-state index contributed by atoms with van der Waals surface area (Å²) >= 11 is 3.03. The molecule has 0 aromatic heterocycles. The van der Waals surface area contributed by atoms with Gasteiger partial charge in [0.2, 0.25) is 0 Å². The summed E-state index contributed by atoms with van der Waals surface area (Å²) in [7, 11) is 0. The number of hydrogen-bond donors (Lipinski definition) is 2. The molecule has 0 spiro atoms. The lowest BCUT2D eigenvalue weighted by Gasteiger charge is -2.00. The van der Waals surface area contributed by atoms with Gasteiger partial charge in [0.05, 0.1) is 4.47 Å². The van der Waals surface area contributed by atoms with Gasteiger partial charge in [-0.2, -0.15) is 0 Å². The van der Waals surface area contributed by atoms with Gasteiger partial charge < -0.3 is 10.8 Å². The van der Waals surface area contributed by atoms with E-state index in [0.29, 0.717) is 16.6 Å². The molecule has 0 fully saturated rings. The number of phenols is 1. The van der Waals surface area contributed by atoms with Crippen molar-refractivity contribution in [2.45, 2.75) is 0 Å². The number of nitrogens with two attached hydrogens (primary N) is 1. The Morgan fingerprint density at radius 2 is 2.23 bits per heavy atom. The van der Waals surface area contributed by atoms with Crippen molar-refractivity contribution in [1.82, 2.24) is 0 Å². The average Bonchev–Trinajstić information content (AvgIpc) is 2.10. The molecule has 0 bridgehead atoms. The van der Waals surface area contributed by atoms with Crippen LogP contribution in [0.1, 0.15) is 5.56 Å². The van der Waals surface area contributed by atoms with Crippen LogP contribution in [0.15, 0.2) is 22.7 Å². The Morgan fingerprint density at radius 1 is 1.54 bits per heavy atom. The van der Waals surface area contributed by atoms with Crippen LogP contribution in [0.5, 0.6) is 5.75 Å². The standard InChI is InChI=1S/C9H9BrFNO/c10-7-4-6(2-1-3-12)5-8(11)9(7)13/h1-2,4-5,13H,3,12H2/b2-1+. The second-order valence-corrected chi connectivity index (χ2v) is 3.33. The minimum Gasteiger partial charge on any atom is -0.504 e. The van der Waals surface area contributed by atoms with Crippen LogP contribution in [0.25, 0.3) is 6.08 Å². The number of aromatic hydroxyl groups is 1. The molecule has 0 unspecified atom stereocenters. The quantitative estimate of drug-likeness (QED) is 0.840. The van der Waals surface area contributed by atoms with Crippen molar-refractivity contribution in [2.24, 2.45) is 5.73 Å². The summed E-state index contributed by atoms with van der Waals surface area (Å²) in [5.41, 5.74) is 5.90. The van der Waals surface area contributed by atoms with Crippen LogP contribution in [-0.4, -0.2) is 11.7 Å². The van der Waals surface area contributed by atoms with Crippen LogP contribution < -0.4 is 5.73 Å². The van der Waals surface area contributed by atoms with E-state index in [1.165, 1.54) is 6.07 Å². The van der Waals surface area contributed by atoms with Gasteiger partial charge >= 0.3 is 0 Å². The summed E-state index contributed by atoms with van der Waals surface area (Å²) in [5, 5.41) is 9.09. The van der Waals surface area contributed by atoms with Crippen molar-refractivity contribution in [1.29, 1.82) is 0 Å². The average molecular weight is 246 g/mol. The van der Waals surface area contributed by atoms with Crippen LogP contribution in [0, 0.1) is 5.82 Å². The maximum absolute atomic E-state index is 12.9. The van der Waals surface area contributed by atoms with Crippen molar-refractivity contribution >= 4 is 22.0 Å². The molecule has 0 heterocycles. The van der Waals surface area contributed by atoms with Gasteiger partial charge in [-0.15, -0.1) is 0 Å². The van der Waals surface area contributed by atoms with E-state index in [0.717, 1.165) is 0 Å². The van der Waals surface area contributed by atoms with Gasteiger partial charge in [-0.25, -0.2) is 4.39 Å². The van der Waals surface area contributed by atoms with Gasteiger partial charge in [-0.3, -0.25) is 0 Å². The molecule has 0 saturated heterocycles. The van der Waals surface area contributed by atoms with Gasteiger partial charge in [0, 0.05) is 6.54 Å². The normalized spacial score (nSPS) is 11.0. The first kappa shape index (κ1) is 10.2. The van der Waals surface area contributed by atoms with Crippen LogP contribution in [0.2, 0.25) is 0 Å². The van der Waals surface area contributed by atoms with Crippen molar-refractivity contribution in [2.75, 3.05) is 6.54 Å². The van der Waals surface area contributed by atoms with Crippen molar-refractivity contribution < 1.29 is 9.50 Å². The van der Waals surface area contributed by atoms with E-state index in [1.54, 1.807) is 18.2 Å². The van der Waals surface area contributed by atoms with Gasteiger partial charge in [0.1, 0.15) is 0 Å². The van der Waals surface area contributed by atoms with Crippen LogP contribution in [0.4, 0.5) is 4.39 Å². The summed E-state index contributed by atoms with van der Waals surface area (Å²) in [4.78, 5) is 0. The van der Waals surface area contributed by atoms with Gasteiger partial charge in [-0.05, 0) is 33.6 Å². The van der Waals surface area contributed by atoms with E-state index in [-0.39, 0.29) is 5.75 Å². The Hall–Kier alpha value is -0.870. The Morgan fingerprint density at radius 3 is 2.77 bits per heavy atom. The first-order chi connectivity index (χ1) is 6.15. The van der Waals surface area contributed by atoms with E-state index >= 15 is 0 Å². The Bertz CT molecular complexity index is 315. The van der Waals surface area contributed by atoms with Crippen molar-refractivity contribution in [3.8, 4) is 5.75 Å². The van der Waals surface area contributed by atoms with Crippen molar-refractivity contribution in [3.63, 3.8) is 0 Å². The highest BCUT2D eigenvalue weighted by atomic mass is 79.9. The zero-order valence-corrected chi connectivity index (χ0v) is 8.38. The fraction of sp³-hybridized carbons (Fsp3) is 0.111. The number of benzene rings is 1. The lowest BCUT2D eigenvalue weighted by molar-refractivity contribution is 0.429. The topological polar surface area (TPSA) is 46.2 Å². The molecule has 70 valence electrons. The molecule has 0 radical (unpaired) electrons. The molecule has 0 aliphatic heterocycles. The largest absolute Gasteiger partial charge is 0.504 e. The molecule has 0 aliphatic carbocycles. The molecule has 0 amide bonds. The van der Waals surface area contributed by atoms with E-state index in [1.807, 2.05) is 0 Å². The number of phenolic OH excluding ortho intramolecular Hbond substituents is 1. The van der Waals surface area contributed by atoms with E-state index in [9.17, 15) is 4.39 Å². The summed E-state index contributed by atoms with van der Waals surface area (Å²) in [5.74, 6) is -1.02. The highest BCUT2D eigenvalue weighted by Gasteiger charge is 2.05. The van der Waals surface area contributed by atoms with Gasteiger partial charge in [0.15, 0.2) is 11.6 Å². The smallest absolute Gasteiger partial charge is 0.166 e. The molecule has 4 heteroatoms. The maximum Gasteiger partial charge on any atom is 0.166 e. The Balaban J connectivity index is 3.06. The lowest BCUT2D eigenvalue weighted by Crippen LogP contribution is -1.92. The monoisotopic (exact) mass is 245 g/mol. The number of hydrogen-bond acceptors (Lipinski definition) is 2. The first-order valence-electron chi connectivity index (χ1n) is 3.69. The molecular weight excluding hydrogens is 237 g/mol. The zero-order valence-electron chi connectivity index (χ0n) is 6.80. The fourth-order valence-corrected chi connectivity index (χ4v) is 1.34. The van der Waals surface area contributed by atoms with Crippen LogP contribution in [0.3, 0.4) is 0 Å². The second-order valence-electron chi connectivity index (χ2n) is 2.47. The predicted octanol–water partition coefficient (Wildman–Crippen LogP) is 2.27. The first-order valence-corrected chi connectivity index (χ1v) is 4.49. The van der Waals surface area contributed by atoms with Crippen LogP contribution >= 0.6 is 15.9 Å². The highest BCUT2D eigenvalue weighted by molar-refractivity contribution is 9.10. The third kappa shape index (κ3) is 2.54. The Kier molecular flexibility index (Phi) is 3.45. The molecule has 1 rings (SSSR count).